The summed E-state index contributed by atoms with van der Waals surface area (Å²) in [5.74, 6) is 0.472. The van der Waals surface area contributed by atoms with Gasteiger partial charge in [-0.1, -0.05) is 39.4 Å². The number of benzene rings is 2. The molecular weight excluding hydrogens is 428 g/mol. The molecule has 0 saturated heterocycles. The average molecular weight is 443 g/mol. The number of rotatable bonds is 4. The Morgan fingerprint density at radius 3 is 2.70 bits per heavy atom. The number of thiazole rings is 1. The molecule has 0 aliphatic heterocycles. The van der Waals surface area contributed by atoms with Crippen LogP contribution in [0.15, 0.2) is 45.9 Å². The predicted molar refractivity (Wildman–Crippen MR) is 110 cm³/mol. The molecule has 1 aromatic heterocycles. The highest BCUT2D eigenvalue weighted by molar-refractivity contribution is 9.10. The van der Waals surface area contributed by atoms with Crippen molar-refractivity contribution in [3.05, 3.63) is 62.4 Å². The van der Waals surface area contributed by atoms with Gasteiger partial charge in [-0.2, -0.15) is 0 Å². The molecule has 5 nitrogen and oxygen atoms in total. The summed E-state index contributed by atoms with van der Waals surface area (Å²) >= 11 is 5.19. The van der Waals surface area contributed by atoms with E-state index in [9.17, 15) is 4.79 Å². The van der Waals surface area contributed by atoms with Gasteiger partial charge in [0.25, 0.3) is 0 Å². The Hall–Kier alpha value is -2.51. The molecule has 4 rings (SSSR count). The maximum atomic E-state index is 11.5. The van der Waals surface area contributed by atoms with Crippen molar-refractivity contribution in [3.63, 3.8) is 0 Å². The van der Waals surface area contributed by atoms with Crippen LogP contribution in [0.2, 0.25) is 0 Å². The highest BCUT2D eigenvalue weighted by atomic mass is 79.9. The van der Waals surface area contributed by atoms with E-state index >= 15 is 0 Å². The highest BCUT2D eigenvalue weighted by Gasteiger charge is 2.28. The molecular formula is C20H15BrN2O3S. The lowest BCUT2D eigenvalue weighted by Crippen LogP contribution is -2.00. The number of nitrogens with zero attached hydrogens (tertiary/aromatic N) is 2. The molecule has 7 heteroatoms. The Morgan fingerprint density at radius 1 is 1.22 bits per heavy atom. The fourth-order valence-corrected chi connectivity index (χ4v) is 4.42. The van der Waals surface area contributed by atoms with Gasteiger partial charge in [0.1, 0.15) is 5.75 Å². The molecule has 0 unspecified atom stereocenters. The predicted octanol–water partition coefficient (Wildman–Crippen LogP) is 5.02. The van der Waals surface area contributed by atoms with E-state index < -0.39 is 0 Å². The molecule has 3 aromatic rings. The van der Waals surface area contributed by atoms with Gasteiger partial charge in [0, 0.05) is 27.5 Å². The van der Waals surface area contributed by atoms with Crippen LogP contribution in [0.5, 0.6) is 5.75 Å². The average Bonchev–Trinajstić information content (AvgIpc) is 3.25. The minimum absolute atomic E-state index is 0.353. The highest BCUT2D eigenvalue weighted by Crippen LogP contribution is 2.48. The molecule has 0 bridgehead atoms. The number of hydrogen-bond donors (Lipinski definition) is 0. The topological polar surface area (TPSA) is 60.8 Å². The van der Waals surface area contributed by atoms with Crippen molar-refractivity contribution >= 4 is 44.6 Å². The number of halogens is 1. The quantitative estimate of drug-likeness (QED) is 0.328. The van der Waals surface area contributed by atoms with Crippen molar-refractivity contribution in [2.75, 3.05) is 14.2 Å². The largest absolute Gasteiger partial charge is 0.496 e. The molecule has 0 saturated carbocycles. The minimum Gasteiger partial charge on any atom is -0.496 e. The van der Waals surface area contributed by atoms with E-state index in [-0.39, 0.29) is 5.97 Å². The Kier molecular flexibility index (Phi) is 4.80. The van der Waals surface area contributed by atoms with E-state index in [0.29, 0.717) is 10.7 Å². The van der Waals surface area contributed by atoms with Gasteiger partial charge in [-0.15, -0.1) is 0 Å². The van der Waals surface area contributed by atoms with Crippen molar-refractivity contribution in [1.82, 2.24) is 4.98 Å². The van der Waals surface area contributed by atoms with Crippen LogP contribution in [0, 0.1) is 0 Å². The third-order valence-electron chi connectivity index (χ3n) is 4.35. The number of methoxy groups -OCH3 is 2. The van der Waals surface area contributed by atoms with Gasteiger partial charge < -0.3 is 9.47 Å². The molecule has 0 amide bonds. The Labute approximate surface area is 168 Å². The van der Waals surface area contributed by atoms with Gasteiger partial charge in [-0.25, -0.2) is 14.8 Å². The van der Waals surface area contributed by atoms with E-state index in [1.165, 1.54) is 17.6 Å². The fourth-order valence-electron chi connectivity index (χ4n) is 3.03. The lowest BCUT2D eigenvalue weighted by molar-refractivity contribution is 0.0600. The molecule has 1 aliphatic rings. The van der Waals surface area contributed by atoms with Gasteiger partial charge in [0.2, 0.25) is 5.13 Å². The molecule has 0 N–H and O–H groups in total. The molecule has 0 radical (unpaired) electrons. The first-order valence-electron chi connectivity index (χ1n) is 8.18. The summed E-state index contributed by atoms with van der Waals surface area (Å²) in [4.78, 5) is 21.9. The van der Waals surface area contributed by atoms with Gasteiger partial charge >= 0.3 is 5.97 Å². The molecule has 136 valence electrons. The Morgan fingerprint density at radius 2 is 2.00 bits per heavy atom. The maximum Gasteiger partial charge on any atom is 0.337 e. The lowest BCUT2D eigenvalue weighted by Gasteiger charge is -2.08. The number of fused-ring (bicyclic) bond motifs is 3. The van der Waals surface area contributed by atoms with Gasteiger partial charge in [0.15, 0.2) is 0 Å². The molecule has 1 heterocycles. The van der Waals surface area contributed by atoms with E-state index in [4.69, 9.17) is 14.5 Å². The van der Waals surface area contributed by atoms with Crippen molar-refractivity contribution in [2.45, 2.75) is 6.42 Å². The standard InChI is InChI=1S/C20H15BrN2O3S/c1-25-15-8-7-14(21)13-9-16-18(17(13)15)23-20(27-16)22-10-11-3-5-12(6-4-11)19(24)26-2/h3-8,10H,9H2,1-2H3. The minimum atomic E-state index is -0.353. The van der Waals surface area contributed by atoms with Gasteiger partial charge in [-0.05, 0) is 35.4 Å². The van der Waals surface area contributed by atoms with Crippen molar-refractivity contribution < 1.29 is 14.3 Å². The van der Waals surface area contributed by atoms with Crippen LogP contribution in [0.3, 0.4) is 0 Å². The Balaban J connectivity index is 1.60. The van der Waals surface area contributed by atoms with E-state index in [1.54, 1.807) is 36.8 Å². The van der Waals surface area contributed by atoms with Crippen LogP contribution in [0.25, 0.3) is 11.3 Å². The molecule has 0 fully saturated rings. The normalized spacial score (nSPS) is 12.1. The number of ether oxygens (including phenoxy) is 2. The van der Waals surface area contributed by atoms with Crippen LogP contribution in [0.1, 0.15) is 26.4 Å². The second kappa shape index (κ2) is 7.25. The molecule has 0 spiro atoms. The molecule has 27 heavy (non-hydrogen) atoms. The zero-order chi connectivity index (χ0) is 19.0. The second-order valence-corrected chi connectivity index (χ2v) is 7.84. The van der Waals surface area contributed by atoms with Gasteiger partial charge in [0.05, 0.1) is 25.5 Å². The monoisotopic (exact) mass is 442 g/mol. The van der Waals surface area contributed by atoms with Gasteiger partial charge in [-0.3, -0.25) is 0 Å². The summed E-state index contributed by atoms with van der Waals surface area (Å²) < 4.78 is 11.3. The van der Waals surface area contributed by atoms with E-state index in [2.05, 4.69) is 20.9 Å². The van der Waals surface area contributed by atoms with E-state index in [0.717, 1.165) is 33.5 Å². The van der Waals surface area contributed by atoms with Crippen molar-refractivity contribution in [2.24, 2.45) is 4.99 Å². The van der Waals surface area contributed by atoms with Crippen molar-refractivity contribution in [3.8, 4) is 17.0 Å². The van der Waals surface area contributed by atoms with E-state index in [1.807, 2.05) is 24.3 Å². The molecule has 1 aliphatic carbocycles. The van der Waals surface area contributed by atoms with Crippen LogP contribution < -0.4 is 4.74 Å². The zero-order valence-corrected chi connectivity index (χ0v) is 17.1. The van der Waals surface area contributed by atoms with Crippen molar-refractivity contribution in [1.29, 1.82) is 0 Å². The smallest absolute Gasteiger partial charge is 0.337 e. The summed E-state index contributed by atoms with van der Waals surface area (Å²) in [5.41, 5.74) is 4.59. The summed E-state index contributed by atoms with van der Waals surface area (Å²) in [6, 6.07) is 11.0. The third-order valence-corrected chi connectivity index (χ3v) is 6.06. The summed E-state index contributed by atoms with van der Waals surface area (Å²) in [5, 5.41) is 0.699. The summed E-state index contributed by atoms with van der Waals surface area (Å²) in [6.45, 7) is 0. The maximum absolute atomic E-state index is 11.5. The first-order chi connectivity index (χ1) is 13.1. The zero-order valence-electron chi connectivity index (χ0n) is 14.7. The SMILES string of the molecule is COC(=O)c1ccc(C=Nc2nc3c(s2)Cc2c(Br)ccc(OC)c2-3)cc1. The number of esters is 1. The molecule has 0 atom stereocenters. The lowest BCUT2D eigenvalue weighted by atomic mass is 10.1. The van der Waals surface area contributed by atoms with Crippen LogP contribution in [-0.4, -0.2) is 31.4 Å². The van der Waals surface area contributed by atoms with Crippen LogP contribution >= 0.6 is 27.3 Å². The second-order valence-electron chi connectivity index (χ2n) is 5.92. The fraction of sp³-hybridized carbons (Fsp3) is 0.150. The third kappa shape index (κ3) is 3.28. The number of aromatic nitrogens is 1. The molecule has 2 aromatic carbocycles. The number of carbonyl (C=O) groups excluding carboxylic acids is 1. The number of aliphatic imine (C=N–C) groups is 1. The van der Waals surface area contributed by atoms with Crippen LogP contribution in [0.4, 0.5) is 5.13 Å². The summed E-state index contributed by atoms with van der Waals surface area (Å²) in [7, 11) is 3.04. The number of carbonyl (C=O) groups is 1. The first-order valence-corrected chi connectivity index (χ1v) is 9.79. The first kappa shape index (κ1) is 17.9. The summed E-state index contributed by atoms with van der Waals surface area (Å²) in [6.07, 6.45) is 2.57. The Bertz CT molecular complexity index is 1060. The number of hydrogen-bond acceptors (Lipinski definition) is 6. The van der Waals surface area contributed by atoms with Crippen LogP contribution in [-0.2, 0) is 11.2 Å².